The van der Waals surface area contributed by atoms with Gasteiger partial charge < -0.3 is 15.4 Å². The van der Waals surface area contributed by atoms with Gasteiger partial charge >= 0.3 is 0 Å². The van der Waals surface area contributed by atoms with Crippen LogP contribution in [-0.2, 0) is 23.1 Å². The molecule has 160 valence electrons. The highest BCUT2D eigenvalue weighted by Gasteiger charge is 2.20. The van der Waals surface area contributed by atoms with Crippen molar-refractivity contribution in [2.24, 2.45) is 4.99 Å². The molecule has 2 aromatic carbocycles. The summed E-state index contributed by atoms with van der Waals surface area (Å²) < 4.78 is 31.5. The fraction of sp³-hybridized carbons (Fsp3) is 0.350. The van der Waals surface area contributed by atoms with Crippen molar-refractivity contribution < 1.29 is 13.2 Å². The molecule has 0 aromatic heterocycles. The fourth-order valence-electron chi connectivity index (χ4n) is 2.56. The third-order valence-electron chi connectivity index (χ3n) is 4.08. The zero-order chi connectivity index (χ0) is 20.6. The van der Waals surface area contributed by atoms with Gasteiger partial charge in [-0.2, -0.15) is 0 Å². The van der Waals surface area contributed by atoms with Gasteiger partial charge in [0.2, 0.25) is 10.0 Å². The van der Waals surface area contributed by atoms with E-state index in [-0.39, 0.29) is 28.9 Å². The van der Waals surface area contributed by atoms with Gasteiger partial charge in [-0.3, -0.25) is 0 Å². The number of hydrogen-bond donors (Lipinski definition) is 2. The molecule has 2 aromatic rings. The van der Waals surface area contributed by atoms with Crippen LogP contribution in [0.25, 0.3) is 0 Å². The Morgan fingerprint density at radius 2 is 1.83 bits per heavy atom. The Morgan fingerprint density at radius 3 is 2.48 bits per heavy atom. The van der Waals surface area contributed by atoms with Crippen LogP contribution in [0.3, 0.4) is 0 Å². The van der Waals surface area contributed by atoms with Crippen LogP contribution in [0, 0.1) is 0 Å². The molecule has 0 aliphatic rings. The Labute approximate surface area is 190 Å². The van der Waals surface area contributed by atoms with E-state index in [1.807, 2.05) is 37.3 Å². The SMILES string of the molecule is CCNC(=NCc1cccc(OC)c1)NCc1ccccc1S(=O)(=O)N(C)C.I. The van der Waals surface area contributed by atoms with Crippen molar-refractivity contribution in [2.75, 3.05) is 27.7 Å². The zero-order valence-corrected chi connectivity index (χ0v) is 20.3. The third kappa shape index (κ3) is 7.16. The Kier molecular flexibility index (Phi) is 10.4. The number of guanidine groups is 1. The molecule has 2 rings (SSSR count). The number of ether oxygens (including phenoxy) is 1. The molecule has 0 aliphatic carbocycles. The molecule has 2 N–H and O–H groups in total. The van der Waals surface area contributed by atoms with Gasteiger partial charge in [0.25, 0.3) is 0 Å². The molecular weight excluding hydrogens is 503 g/mol. The minimum absolute atomic E-state index is 0. The minimum Gasteiger partial charge on any atom is -0.497 e. The summed E-state index contributed by atoms with van der Waals surface area (Å²) in [6, 6.07) is 14.7. The number of rotatable bonds is 8. The zero-order valence-electron chi connectivity index (χ0n) is 17.2. The molecule has 0 saturated carbocycles. The van der Waals surface area contributed by atoms with Crippen molar-refractivity contribution in [1.82, 2.24) is 14.9 Å². The van der Waals surface area contributed by atoms with Gasteiger partial charge in [-0.05, 0) is 36.2 Å². The molecule has 0 atom stereocenters. The summed E-state index contributed by atoms with van der Waals surface area (Å²) in [7, 11) is 1.17. The van der Waals surface area contributed by atoms with Gasteiger partial charge in [-0.15, -0.1) is 24.0 Å². The lowest BCUT2D eigenvalue weighted by Crippen LogP contribution is -2.37. The Bertz CT molecular complexity index is 917. The quantitative estimate of drug-likeness (QED) is 0.311. The molecule has 0 saturated heterocycles. The second-order valence-corrected chi connectivity index (χ2v) is 8.42. The second-order valence-electron chi connectivity index (χ2n) is 6.30. The third-order valence-corrected chi connectivity index (χ3v) is 5.99. The molecule has 7 nitrogen and oxygen atoms in total. The van der Waals surface area contributed by atoms with Crippen LogP contribution in [0.4, 0.5) is 0 Å². The molecule has 29 heavy (non-hydrogen) atoms. The van der Waals surface area contributed by atoms with Crippen LogP contribution < -0.4 is 15.4 Å². The van der Waals surface area contributed by atoms with Crippen molar-refractivity contribution in [3.63, 3.8) is 0 Å². The van der Waals surface area contributed by atoms with Crippen molar-refractivity contribution in [3.8, 4) is 5.75 Å². The van der Waals surface area contributed by atoms with Crippen LogP contribution in [0.2, 0.25) is 0 Å². The lowest BCUT2D eigenvalue weighted by molar-refractivity contribution is 0.414. The molecule has 0 heterocycles. The van der Waals surface area contributed by atoms with Crippen LogP contribution >= 0.6 is 24.0 Å². The first-order chi connectivity index (χ1) is 13.4. The lowest BCUT2D eigenvalue weighted by Gasteiger charge is -2.17. The maximum Gasteiger partial charge on any atom is 0.242 e. The Hall–Kier alpha value is -1.85. The van der Waals surface area contributed by atoms with Crippen LogP contribution in [-0.4, -0.2) is 46.4 Å². The number of hydrogen-bond acceptors (Lipinski definition) is 4. The van der Waals surface area contributed by atoms with Crippen molar-refractivity contribution in [1.29, 1.82) is 0 Å². The number of halogens is 1. The number of nitrogens with one attached hydrogen (secondary N) is 2. The molecule has 0 radical (unpaired) electrons. The molecule has 0 fully saturated rings. The summed E-state index contributed by atoms with van der Waals surface area (Å²) in [5, 5.41) is 6.39. The molecule has 0 aliphatic heterocycles. The molecular formula is C20H29IN4O3S. The Morgan fingerprint density at radius 1 is 1.10 bits per heavy atom. The van der Waals surface area contributed by atoms with Crippen molar-refractivity contribution in [2.45, 2.75) is 24.9 Å². The minimum atomic E-state index is -3.51. The average Bonchev–Trinajstić information content (AvgIpc) is 2.70. The fourth-order valence-corrected chi connectivity index (χ4v) is 3.68. The number of aliphatic imine (C=N–C) groups is 1. The van der Waals surface area contributed by atoms with E-state index in [0.29, 0.717) is 31.2 Å². The van der Waals surface area contributed by atoms with Crippen molar-refractivity contribution in [3.05, 3.63) is 59.7 Å². The predicted octanol–water partition coefficient (Wildman–Crippen LogP) is 2.82. The Balaban J connectivity index is 0.00000420. The maximum absolute atomic E-state index is 12.5. The highest BCUT2D eigenvalue weighted by atomic mass is 127. The first-order valence-electron chi connectivity index (χ1n) is 9.04. The second kappa shape index (κ2) is 12.0. The summed E-state index contributed by atoms with van der Waals surface area (Å²) in [4.78, 5) is 4.87. The van der Waals surface area contributed by atoms with E-state index < -0.39 is 10.0 Å². The molecule has 9 heteroatoms. The van der Waals surface area contributed by atoms with Gasteiger partial charge in [0.1, 0.15) is 5.75 Å². The summed E-state index contributed by atoms with van der Waals surface area (Å²) in [6.07, 6.45) is 0. The number of benzene rings is 2. The van der Waals surface area contributed by atoms with Crippen molar-refractivity contribution >= 4 is 40.0 Å². The summed E-state index contributed by atoms with van der Waals surface area (Å²) in [5.74, 6) is 1.40. The van der Waals surface area contributed by atoms with Gasteiger partial charge in [-0.25, -0.2) is 17.7 Å². The maximum atomic E-state index is 12.5. The number of nitrogens with zero attached hydrogens (tertiary/aromatic N) is 2. The van der Waals surface area contributed by atoms with E-state index in [1.54, 1.807) is 25.3 Å². The van der Waals surface area contributed by atoms with Gasteiger partial charge in [0.05, 0.1) is 18.6 Å². The predicted molar refractivity (Wildman–Crippen MR) is 127 cm³/mol. The summed E-state index contributed by atoms with van der Waals surface area (Å²) in [6.45, 7) is 3.49. The van der Waals surface area contributed by atoms with E-state index in [0.717, 1.165) is 11.3 Å². The topological polar surface area (TPSA) is 83.0 Å². The van der Waals surface area contributed by atoms with Crippen LogP contribution in [0.15, 0.2) is 58.4 Å². The summed E-state index contributed by atoms with van der Waals surface area (Å²) in [5.41, 5.74) is 1.70. The van der Waals surface area contributed by atoms with Crippen LogP contribution in [0.1, 0.15) is 18.1 Å². The van der Waals surface area contributed by atoms with Gasteiger partial charge in [0.15, 0.2) is 5.96 Å². The van der Waals surface area contributed by atoms with E-state index >= 15 is 0 Å². The first-order valence-corrected chi connectivity index (χ1v) is 10.5. The highest BCUT2D eigenvalue weighted by molar-refractivity contribution is 14.0. The van der Waals surface area contributed by atoms with Gasteiger partial charge in [-0.1, -0.05) is 30.3 Å². The number of methoxy groups -OCH3 is 1. The average molecular weight is 532 g/mol. The molecule has 0 bridgehead atoms. The summed E-state index contributed by atoms with van der Waals surface area (Å²) >= 11 is 0. The number of sulfonamides is 1. The smallest absolute Gasteiger partial charge is 0.242 e. The monoisotopic (exact) mass is 532 g/mol. The first kappa shape index (κ1) is 25.2. The molecule has 0 spiro atoms. The van der Waals surface area contributed by atoms with E-state index in [1.165, 1.54) is 18.4 Å². The lowest BCUT2D eigenvalue weighted by atomic mass is 10.2. The van der Waals surface area contributed by atoms with Gasteiger partial charge in [0, 0.05) is 27.2 Å². The van der Waals surface area contributed by atoms with Crippen LogP contribution in [0.5, 0.6) is 5.75 Å². The van der Waals surface area contributed by atoms with E-state index in [2.05, 4.69) is 15.6 Å². The largest absolute Gasteiger partial charge is 0.497 e. The van der Waals surface area contributed by atoms with E-state index in [4.69, 9.17) is 4.74 Å². The standard InChI is InChI=1S/C20H28N4O3S.HI/c1-5-21-20(22-14-16-9-8-11-18(13-16)27-4)23-15-17-10-6-7-12-19(17)28(25,26)24(2)3;/h6-13H,5,14-15H2,1-4H3,(H2,21,22,23);1H. The normalized spacial score (nSPS) is 11.7. The molecule has 0 unspecified atom stereocenters. The molecule has 0 amide bonds. The van der Waals surface area contributed by atoms with E-state index in [9.17, 15) is 8.42 Å². The highest BCUT2D eigenvalue weighted by Crippen LogP contribution is 2.18.